The summed E-state index contributed by atoms with van der Waals surface area (Å²) in [6.45, 7) is 6.55. The molecule has 1 rings (SSSR count). The van der Waals surface area contributed by atoms with Crippen LogP contribution in [0.2, 0.25) is 0 Å². The molecule has 0 saturated heterocycles. The number of aliphatic carboxylic acids is 1. The molecule has 8 heteroatoms. The first-order valence-corrected chi connectivity index (χ1v) is 8.23. The van der Waals surface area contributed by atoms with E-state index in [1.54, 1.807) is 20.8 Å². The van der Waals surface area contributed by atoms with Crippen molar-refractivity contribution >= 4 is 18.0 Å². The van der Waals surface area contributed by atoms with Crippen molar-refractivity contribution in [1.29, 1.82) is 0 Å². The predicted molar refractivity (Wildman–Crippen MR) is 94.5 cm³/mol. The molecule has 0 aliphatic rings. The Hall–Kier alpha value is -2.61. The van der Waals surface area contributed by atoms with Crippen LogP contribution in [-0.4, -0.2) is 47.4 Å². The zero-order valence-corrected chi connectivity index (χ0v) is 15.4. The van der Waals surface area contributed by atoms with Gasteiger partial charge in [0.1, 0.15) is 11.6 Å². The molecule has 0 aromatic heterocycles. The number of carbonyl (C=O) groups excluding carboxylic acids is 2. The number of rotatable bonds is 8. The molecule has 26 heavy (non-hydrogen) atoms. The van der Waals surface area contributed by atoms with Crippen LogP contribution in [0.1, 0.15) is 33.3 Å². The van der Waals surface area contributed by atoms with Crippen LogP contribution in [0.4, 0.5) is 4.79 Å². The second kappa shape index (κ2) is 9.76. The number of carbonyl (C=O) groups is 3. The average molecular weight is 366 g/mol. The maximum absolute atomic E-state index is 12.1. The highest BCUT2D eigenvalue weighted by molar-refractivity contribution is 5.89. The van der Waals surface area contributed by atoms with Crippen molar-refractivity contribution in [2.24, 2.45) is 0 Å². The van der Waals surface area contributed by atoms with Crippen LogP contribution >= 0.6 is 0 Å². The maximum Gasteiger partial charge on any atom is 0.408 e. The summed E-state index contributed by atoms with van der Waals surface area (Å²) < 4.78 is 10.4. The van der Waals surface area contributed by atoms with Gasteiger partial charge in [-0.3, -0.25) is 4.79 Å². The number of ether oxygens (including phenoxy) is 2. The van der Waals surface area contributed by atoms with Crippen molar-refractivity contribution in [3.63, 3.8) is 0 Å². The Morgan fingerprint density at radius 1 is 1.12 bits per heavy atom. The minimum Gasteiger partial charge on any atom is -0.480 e. The Balaban J connectivity index is 2.48. The molecule has 2 unspecified atom stereocenters. The van der Waals surface area contributed by atoms with Crippen LogP contribution in [0.5, 0.6) is 0 Å². The summed E-state index contributed by atoms with van der Waals surface area (Å²) in [6.07, 6.45) is -0.757. The largest absolute Gasteiger partial charge is 0.480 e. The molecule has 0 saturated carbocycles. The first-order valence-electron chi connectivity index (χ1n) is 8.23. The fourth-order valence-electron chi connectivity index (χ4n) is 1.89. The SMILES string of the molecule is CC(NC(=O)OC(C)(C)C)C(=O)NC(COCc1ccccc1)C(=O)O. The summed E-state index contributed by atoms with van der Waals surface area (Å²) in [5, 5.41) is 13.9. The van der Waals surface area contributed by atoms with Crippen LogP contribution in [0, 0.1) is 0 Å². The molecule has 2 atom stereocenters. The molecular weight excluding hydrogens is 340 g/mol. The number of carboxylic acids is 1. The van der Waals surface area contributed by atoms with Crippen LogP contribution in [0.25, 0.3) is 0 Å². The smallest absolute Gasteiger partial charge is 0.408 e. The van der Waals surface area contributed by atoms with Crippen LogP contribution in [0.3, 0.4) is 0 Å². The van der Waals surface area contributed by atoms with E-state index in [2.05, 4.69) is 10.6 Å². The zero-order valence-electron chi connectivity index (χ0n) is 15.4. The predicted octanol–water partition coefficient (Wildman–Crippen LogP) is 1.69. The van der Waals surface area contributed by atoms with Crippen molar-refractivity contribution < 1.29 is 29.0 Å². The Bertz CT molecular complexity index is 612. The third kappa shape index (κ3) is 8.48. The summed E-state index contributed by atoms with van der Waals surface area (Å²) in [5.41, 5.74) is 0.192. The van der Waals surface area contributed by atoms with Crippen molar-refractivity contribution in [2.45, 2.75) is 52.0 Å². The van der Waals surface area contributed by atoms with Crippen molar-refractivity contribution in [3.8, 4) is 0 Å². The second-order valence-electron chi connectivity index (χ2n) is 6.77. The van der Waals surface area contributed by atoms with Gasteiger partial charge in [0.2, 0.25) is 5.91 Å². The van der Waals surface area contributed by atoms with Crippen molar-refractivity contribution in [3.05, 3.63) is 35.9 Å². The van der Waals surface area contributed by atoms with Gasteiger partial charge in [-0.05, 0) is 33.3 Å². The molecule has 0 spiro atoms. The lowest BCUT2D eigenvalue weighted by Crippen LogP contribution is -2.52. The van der Waals surface area contributed by atoms with Gasteiger partial charge in [-0.2, -0.15) is 0 Å². The summed E-state index contributed by atoms with van der Waals surface area (Å²) in [6, 6.07) is 7.07. The van der Waals surface area contributed by atoms with Gasteiger partial charge in [-0.15, -0.1) is 0 Å². The highest BCUT2D eigenvalue weighted by Crippen LogP contribution is 2.07. The Labute approximate surface area is 152 Å². The van der Waals surface area contributed by atoms with E-state index in [4.69, 9.17) is 9.47 Å². The standard InChI is InChI=1S/C18H26N2O6/c1-12(19-17(24)26-18(2,3)4)15(21)20-14(16(22)23)11-25-10-13-8-6-5-7-9-13/h5-9,12,14H,10-11H2,1-4H3,(H,19,24)(H,20,21)(H,22,23). The van der Waals surface area contributed by atoms with E-state index in [1.165, 1.54) is 6.92 Å². The van der Waals surface area contributed by atoms with E-state index in [0.717, 1.165) is 5.56 Å². The molecule has 3 N–H and O–H groups in total. The summed E-state index contributed by atoms with van der Waals surface area (Å²) in [4.78, 5) is 35.1. The van der Waals surface area contributed by atoms with Crippen LogP contribution in [-0.2, 0) is 25.7 Å². The van der Waals surface area contributed by atoms with E-state index in [9.17, 15) is 19.5 Å². The highest BCUT2D eigenvalue weighted by atomic mass is 16.6. The Kier molecular flexibility index (Phi) is 8.05. The van der Waals surface area contributed by atoms with Crippen molar-refractivity contribution in [2.75, 3.05) is 6.61 Å². The minimum absolute atomic E-state index is 0.199. The highest BCUT2D eigenvalue weighted by Gasteiger charge is 2.25. The third-order valence-corrected chi connectivity index (χ3v) is 3.14. The molecule has 8 nitrogen and oxygen atoms in total. The molecule has 0 aliphatic carbocycles. The van der Waals surface area contributed by atoms with Gasteiger partial charge in [-0.25, -0.2) is 9.59 Å². The van der Waals surface area contributed by atoms with Gasteiger partial charge in [0.25, 0.3) is 0 Å². The fraction of sp³-hybridized carbons (Fsp3) is 0.500. The number of nitrogens with one attached hydrogen (secondary N) is 2. The van der Waals surface area contributed by atoms with Gasteiger partial charge in [-0.1, -0.05) is 30.3 Å². The van der Waals surface area contributed by atoms with E-state index in [1.807, 2.05) is 30.3 Å². The van der Waals surface area contributed by atoms with Crippen LogP contribution < -0.4 is 10.6 Å². The molecule has 0 radical (unpaired) electrons. The molecule has 0 aliphatic heterocycles. The molecule has 0 fully saturated rings. The van der Waals surface area contributed by atoms with Gasteiger partial charge < -0.3 is 25.2 Å². The van der Waals surface area contributed by atoms with Crippen molar-refractivity contribution in [1.82, 2.24) is 10.6 Å². The maximum atomic E-state index is 12.1. The van der Waals surface area contributed by atoms with Crippen LogP contribution in [0.15, 0.2) is 30.3 Å². The minimum atomic E-state index is -1.23. The fourth-order valence-corrected chi connectivity index (χ4v) is 1.89. The summed E-state index contributed by atoms with van der Waals surface area (Å²) in [5.74, 6) is -1.87. The first-order chi connectivity index (χ1) is 12.1. The zero-order chi connectivity index (χ0) is 19.7. The number of hydrogen-bond acceptors (Lipinski definition) is 5. The number of amides is 2. The normalized spacial score (nSPS) is 13.4. The first kappa shape index (κ1) is 21.4. The van der Waals surface area contributed by atoms with E-state index in [-0.39, 0.29) is 13.2 Å². The monoisotopic (exact) mass is 366 g/mol. The number of alkyl carbamates (subject to hydrolysis) is 1. The van der Waals surface area contributed by atoms with Gasteiger partial charge in [0.15, 0.2) is 6.04 Å². The van der Waals surface area contributed by atoms with E-state index >= 15 is 0 Å². The lowest BCUT2D eigenvalue weighted by molar-refractivity contribution is -0.144. The topological polar surface area (TPSA) is 114 Å². The summed E-state index contributed by atoms with van der Waals surface area (Å²) in [7, 11) is 0. The number of carboxylic acid groups (broad SMARTS) is 1. The molecule has 1 aromatic rings. The van der Waals surface area contributed by atoms with Gasteiger partial charge in [0, 0.05) is 0 Å². The molecule has 144 valence electrons. The quantitative estimate of drug-likeness (QED) is 0.645. The van der Waals surface area contributed by atoms with E-state index < -0.39 is 35.7 Å². The molecule has 0 heterocycles. The molecule has 2 amide bonds. The van der Waals surface area contributed by atoms with E-state index in [0.29, 0.717) is 0 Å². The van der Waals surface area contributed by atoms with Gasteiger partial charge in [0.05, 0.1) is 13.2 Å². The summed E-state index contributed by atoms with van der Waals surface area (Å²) >= 11 is 0. The lowest BCUT2D eigenvalue weighted by Gasteiger charge is -2.22. The number of benzene rings is 1. The number of hydrogen-bond donors (Lipinski definition) is 3. The lowest BCUT2D eigenvalue weighted by atomic mass is 10.2. The molecular formula is C18H26N2O6. The Morgan fingerprint density at radius 2 is 1.73 bits per heavy atom. The average Bonchev–Trinajstić information content (AvgIpc) is 2.52. The van der Waals surface area contributed by atoms with Gasteiger partial charge >= 0.3 is 12.1 Å². The Morgan fingerprint density at radius 3 is 2.27 bits per heavy atom. The second-order valence-corrected chi connectivity index (χ2v) is 6.77. The molecule has 0 bridgehead atoms. The third-order valence-electron chi connectivity index (χ3n) is 3.14. The molecule has 1 aromatic carbocycles.